The molecule has 0 spiro atoms. The molecular weight excluding hydrogens is 487 g/mol. The maximum absolute atomic E-state index is 13.7. The van der Waals surface area contributed by atoms with Gasteiger partial charge in [-0.3, -0.25) is 0 Å². The zero-order valence-electron chi connectivity index (χ0n) is 22.0. The van der Waals surface area contributed by atoms with Gasteiger partial charge in [0, 0.05) is 49.8 Å². The first-order valence-corrected chi connectivity index (χ1v) is 12.9. The van der Waals surface area contributed by atoms with Crippen molar-refractivity contribution in [3.05, 3.63) is 59.9 Å². The van der Waals surface area contributed by atoms with Crippen LogP contribution in [-0.2, 0) is 9.47 Å². The number of esters is 1. The third-order valence-corrected chi connectivity index (χ3v) is 6.77. The highest BCUT2D eigenvalue weighted by atomic mass is 19.1. The van der Waals surface area contributed by atoms with E-state index in [2.05, 4.69) is 19.9 Å². The van der Waals surface area contributed by atoms with Crippen molar-refractivity contribution >= 4 is 23.0 Å². The monoisotopic (exact) mass is 518 g/mol. The topological polar surface area (TPSA) is 95.3 Å². The highest BCUT2D eigenvalue weighted by molar-refractivity contribution is 6.00. The van der Waals surface area contributed by atoms with Crippen LogP contribution < -0.4 is 4.90 Å². The molecule has 0 bridgehead atoms. The number of hydrogen-bond donors (Lipinski definition) is 0. The second-order valence-corrected chi connectivity index (χ2v) is 9.63. The molecule has 0 radical (unpaired) electrons. The van der Waals surface area contributed by atoms with Gasteiger partial charge in [0.1, 0.15) is 5.82 Å². The Kier molecular flexibility index (Phi) is 7.33. The SMILES string of the molecule is CCOC(=O)c1cc(-c2cnc(N(C)C3CCOCC3)nc2)c2c(C(C)C)nn(-c3ccc(F)cc3)c2n1. The Bertz CT molecular complexity index is 1430. The molecule has 0 atom stereocenters. The Labute approximate surface area is 220 Å². The van der Waals surface area contributed by atoms with E-state index in [4.69, 9.17) is 14.6 Å². The van der Waals surface area contributed by atoms with Crippen LogP contribution in [0, 0.1) is 5.82 Å². The normalized spacial score (nSPS) is 14.3. The minimum Gasteiger partial charge on any atom is -0.461 e. The van der Waals surface area contributed by atoms with Gasteiger partial charge < -0.3 is 14.4 Å². The van der Waals surface area contributed by atoms with Gasteiger partial charge in [0.05, 0.1) is 23.4 Å². The van der Waals surface area contributed by atoms with Gasteiger partial charge in [0.15, 0.2) is 11.3 Å². The van der Waals surface area contributed by atoms with Crippen LogP contribution >= 0.6 is 0 Å². The van der Waals surface area contributed by atoms with Crippen LogP contribution in [0.3, 0.4) is 0 Å². The summed E-state index contributed by atoms with van der Waals surface area (Å²) in [5.74, 6) is -0.209. The Morgan fingerprint density at radius 1 is 1.18 bits per heavy atom. The first-order valence-electron chi connectivity index (χ1n) is 12.9. The molecule has 198 valence electrons. The second-order valence-electron chi connectivity index (χ2n) is 9.63. The van der Waals surface area contributed by atoms with Crippen molar-refractivity contribution in [1.82, 2.24) is 24.7 Å². The van der Waals surface area contributed by atoms with Crippen molar-refractivity contribution in [1.29, 1.82) is 0 Å². The van der Waals surface area contributed by atoms with Crippen LogP contribution in [0.1, 0.15) is 55.7 Å². The van der Waals surface area contributed by atoms with E-state index in [0.717, 1.165) is 48.3 Å². The molecule has 0 aliphatic carbocycles. The van der Waals surface area contributed by atoms with Crippen LogP contribution in [0.5, 0.6) is 0 Å². The minimum atomic E-state index is -0.537. The molecule has 1 saturated heterocycles. The molecule has 3 aromatic heterocycles. The fraction of sp³-hybridized carbons (Fsp3) is 0.393. The number of nitrogens with zero attached hydrogens (tertiary/aromatic N) is 6. The molecule has 1 fully saturated rings. The van der Waals surface area contributed by atoms with E-state index in [1.54, 1.807) is 42.2 Å². The third kappa shape index (κ3) is 4.96. The molecule has 0 amide bonds. The van der Waals surface area contributed by atoms with Gasteiger partial charge in [0.2, 0.25) is 5.95 Å². The third-order valence-electron chi connectivity index (χ3n) is 6.77. The number of halogens is 1. The molecule has 38 heavy (non-hydrogen) atoms. The fourth-order valence-corrected chi connectivity index (χ4v) is 4.72. The second kappa shape index (κ2) is 10.8. The Morgan fingerprint density at radius 2 is 1.87 bits per heavy atom. The van der Waals surface area contributed by atoms with Crippen molar-refractivity contribution in [2.45, 2.75) is 45.6 Å². The summed E-state index contributed by atoms with van der Waals surface area (Å²) in [4.78, 5) is 28.9. The van der Waals surface area contributed by atoms with E-state index < -0.39 is 5.97 Å². The molecule has 4 heterocycles. The largest absolute Gasteiger partial charge is 0.461 e. The van der Waals surface area contributed by atoms with E-state index >= 15 is 0 Å². The zero-order chi connectivity index (χ0) is 26.8. The summed E-state index contributed by atoms with van der Waals surface area (Å²) >= 11 is 0. The lowest BCUT2D eigenvalue weighted by atomic mass is 9.99. The summed E-state index contributed by atoms with van der Waals surface area (Å²) in [6.45, 7) is 7.52. The summed E-state index contributed by atoms with van der Waals surface area (Å²) in [5, 5.41) is 5.63. The smallest absolute Gasteiger partial charge is 0.357 e. The number of hydrogen-bond acceptors (Lipinski definition) is 8. The van der Waals surface area contributed by atoms with Crippen LogP contribution in [0.25, 0.3) is 27.8 Å². The molecule has 9 nitrogen and oxygen atoms in total. The Hall–Kier alpha value is -3.92. The number of ether oxygens (including phenoxy) is 2. The number of carbonyl (C=O) groups excluding carboxylic acids is 1. The molecule has 1 aliphatic heterocycles. The van der Waals surface area contributed by atoms with Crippen molar-refractivity contribution in [2.75, 3.05) is 31.8 Å². The average molecular weight is 519 g/mol. The lowest BCUT2D eigenvalue weighted by molar-refractivity contribution is 0.0520. The van der Waals surface area contributed by atoms with E-state index in [9.17, 15) is 9.18 Å². The zero-order valence-corrected chi connectivity index (χ0v) is 22.0. The standard InChI is InChI=1S/C28H31FN6O3/c1-5-38-27(36)23-14-22(18-15-30-28(31-16-18)34(4)20-10-12-37-13-11-20)24-25(17(2)3)33-35(26(24)32-23)21-8-6-19(29)7-9-21/h6-9,14-17,20H,5,10-13H2,1-4H3. The number of anilines is 1. The van der Waals surface area contributed by atoms with Gasteiger partial charge in [-0.05, 0) is 56.0 Å². The summed E-state index contributed by atoms with van der Waals surface area (Å²) < 4.78 is 26.1. The maximum atomic E-state index is 13.7. The van der Waals surface area contributed by atoms with Crippen LogP contribution in [-0.4, -0.2) is 63.6 Å². The molecular formula is C28H31FN6O3. The Balaban J connectivity index is 1.66. The van der Waals surface area contributed by atoms with Gasteiger partial charge in [-0.1, -0.05) is 13.8 Å². The van der Waals surface area contributed by atoms with Gasteiger partial charge in [-0.25, -0.2) is 28.8 Å². The molecule has 5 rings (SSSR count). The lowest BCUT2D eigenvalue weighted by Crippen LogP contribution is -2.37. The first kappa shape index (κ1) is 25.7. The van der Waals surface area contributed by atoms with Gasteiger partial charge in [-0.2, -0.15) is 5.10 Å². The average Bonchev–Trinajstić information content (AvgIpc) is 3.33. The van der Waals surface area contributed by atoms with Crippen LogP contribution in [0.2, 0.25) is 0 Å². The van der Waals surface area contributed by atoms with E-state index in [1.807, 2.05) is 20.9 Å². The van der Waals surface area contributed by atoms with E-state index in [-0.39, 0.29) is 24.0 Å². The van der Waals surface area contributed by atoms with E-state index in [1.165, 1.54) is 12.1 Å². The number of carbonyl (C=O) groups is 1. The van der Waals surface area contributed by atoms with Crippen molar-refractivity contribution < 1.29 is 18.7 Å². The van der Waals surface area contributed by atoms with Crippen LogP contribution in [0.15, 0.2) is 42.7 Å². The predicted octanol–water partition coefficient (Wildman–Crippen LogP) is 4.93. The molecule has 0 N–H and O–H groups in total. The summed E-state index contributed by atoms with van der Waals surface area (Å²) in [5.41, 5.74) is 3.52. The van der Waals surface area contributed by atoms with Crippen molar-refractivity contribution in [3.63, 3.8) is 0 Å². The number of benzene rings is 1. The molecule has 0 unspecified atom stereocenters. The summed E-state index contributed by atoms with van der Waals surface area (Å²) in [6, 6.07) is 8.04. The Morgan fingerprint density at radius 3 is 2.50 bits per heavy atom. The fourth-order valence-electron chi connectivity index (χ4n) is 4.72. The molecule has 1 aromatic carbocycles. The highest BCUT2D eigenvalue weighted by Crippen LogP contribution is 2.35. The molecule has 0 saturated carbocycles. The number of aromatic nitrogens is 5. The van der Waals surface area contributed by atoms with Crippen molar-refractivity contribution in [3.8, 4) is 16.8 Å². The predicted molar refractivity (Wildman–Crippen MR) is 142 cm³/mol. The quantitative estimate of drug-likeness (QED) is 0.318. The van der Waals surface area contributed by atoms with Gasteiger partial charge in [0.25, 0.3) is 0 Å². The van der Waals surface area contributed by atoms with E-state index in [0.29, 0.717) is 23.3 Å². The van der Waals surface area contributed by atoms with Gasteiger partial charge >= 0.3 is 5.97 Å². The number of fused-ring (bicyclic) bond motifs is 1. The molecule has 1 aliphatic rings. The lowest BCUT2D eigenvalue weighted by Gasteiger charge is -2.31. The molecule has 10 heteroatoms. The van der Waals surface area contributed by atoms with Crippen molar-refractivity contribution in [2.24, 2.45) is 0 Å². The first-order chi connectivity index (χ1) is 18.4. The summed E-state index contributed by atoms with van der Waals surface area (Å²) in [6.07, 6.45) is 5.38. The number of pyridine rings is 1. The van der Waals surface area contributed by atoms with Crippen LogP contribution in [0.4, 0.5) is 10.3 Å². The summed E-state index contributed by atoms with van der Waals surface area (Å²) in [7, 11) is 2.00. The maximum Gasteiger partial charge on any atom is 0.357 e. The minimum absolute atomic E-state index is 0.0491. The highest BCUT2D eigenvalue weighted by Gasteiger charge is 2.25. The number of rotatable bonds is 7. The molecule has 4 aromatic rings. The van der Waals surface area contributed by atoms with Gasteiger partial charge in [-0.15, -0.1) is 0 Å².